The van der Waals surface area contributed by atoms with Gasteiger partial charge in [-0.05, 0) is 17.7 Å². The fourth-order valence-electron chi connectivity index (χ4n) is 2.80. The molecule has 0 radical (unpaired) electrons. The van der Waals surface area contributed by atoms with Crippen LogP contribution in [0.1, 0.15) is 17.9 Å². The van der Waals surface area contributed by atoms with Crippen molar-refractivity contribution < 1.29 is 22.8 Å². The molecule has 0 saturated carbocycles. The molecule has 6 nitrogen and oxygen atoms in total. The van der Waals surface area contributed by atoms with E-state index in [0.29, 0.717) is 0 Å². The van der Waals surface area contributed by atoms with E-state index in [1.807, 2.05) is 30.3 Å². The van der Waals surface area contributed by atoms with Gasteiger partial charge in [-0.1, -0.05) is 30.3 Å². The highest BCUT2D eigenvalue weighted by atomic mass is 19.1. The number of halogens is 2. The van der Waals surface area contributed by atoms with Gasteiger partial charge in [-0.25, -0.2) is 13.8 Å². The largest absolute Gasteiger partial charge is 0.441 e. The average Bonchev–Trinajstić information content (AvgIpc) is 3.15. The Balaban J connectivity index is 1.57. The van der Waals surface area contributed by atoms with Crippen molar-refractivity contribution in [2.75, 3.05) is 0 Å². The summed E-state index contributed by atoms with van der Waals surface area (Å²) in [7, 11) is 0. The highest BCUT2D eigenvalue weighted by Gasteiger charge is 2.19. The van der Waals surface area contributed by atoms with Crippen molar-refractivity contribution in [3.63, 3.8) is 0 Å². The van der Waals surface area contributed by atoms with Crippen LogP contribution >= 0.6 is 0 Å². The van der Waals surface area contributed by atoms with Gasteiger partial charge >= 0.3 is 0 Å². The second-order valence-corrected chi connectivity index (χ2v) is 6.45. The van der Waals surface area contributed by atoms with Crippen LogP contribution in [0.4, 0.5) is 8.78 Å². The number of rotatable bonds is 8. The quantitative estimate of drug-likeness (QED) is 0.609. The number of nitrogens with two attached hydrogens (primary N) is 1. The first kappa shape index (κ1) is 20.2. The van der Waals surface area contributed by atoms with Gasteiger partial charge in [0.05, 0.1) is 11.8 Å². The maximum absolute atomic E-state index is 13.8. The van der Waals surface area contributed by atoms with Crippen LogP contribution < -0.4 is 11.1 Å². The Bertz CT molecular complexity index is 1010. The van der Waals surface area contributed by atoms with E-state index in [9.17, 15) is 18.4 Å². The van der Waals surface area contributed by atoms with Crippen molar-refractivity contribution in [2.24, 2.45) is 5.73 Å². The third-order valence-electron chi connectivity index (χ3n) is 4.28. The monoisotopic (exact) mass is 399 g/mol. The lowest BCUT2D eigenvalue weighted by Crippen LogP contribution is -2.45. The molecule has 0 aliphatic heterocycles. The molecule has 1 heterocycles. The first-order chi connectivity index (χ1) is 13.9. The summed E-state index contributed by atoms with van der Waals surface area (Å²) in [6, 6.07) is 11.5. The molecule has 29 heavy (non-hydrogen) atoms. The van der Waals surface area contributed by atoms with Crippen molar-refractivity contribution in [1.29, 1.82) is 0 Å². The predicted molar refractivity (Wildman–Crippen MR) is 101 cm³/mol. The normalized spacial score (nSPS) is 11.8. The molecule has 1 aromatic heterocycles. The highest BCUT2D eigenvalue weighted by molar-refractivity contribution is 5.86. The average molecular weight is 399 g/mol. The Morgan fingerprint density at radius 1 is 1.14 bits per heavy atom. The van der Waals surface area contributed by atoms with Gasteiger partial charge in [-0.15, -0.1) is 0 Å². The number of carbonyl (C=O) groups excluding carboxylic acids is 2. The lowest BCUT2D eigenvalue weighted by molar-refractivity contribution is -0.127. The molecule has 150 valence electrons. The number of hydrogen-bond donors (Lipinski definition) is 2. The first-order valence-electron chi connectivity index (χ1n) is 8.95. The molecule has 8 heteroatoms. The molecule has 3 N–H and O–H groups in total. The molecule has 0 fully saturated rings. The van der Waals surface area contributed by atoms with Crippen LogP contribution in [-0.4, -0.2) is 22.8 Å². The van der Waals surface area contributed by atoms with Crippen LogP contribution in [0.15, 0.2) is 59.1 Å². The summed E-state index contributed by atoms with van der Waals surface area (Å²) in [5, 5.41) is 2.60. The first-order valence-corrected chi connectivity index (χ1v) is 8.95. The number of amides is 2. The molecule has 0 spiro atoms. The number of aromatic nitrogens is 1. The topological polar surface area (TPSA) is 98.2 Å². The number of nitrogens with one attached hydrogen (secondary N) is 1. The van der Waals surface area contributed by atoms with Crippen LogP contribution in [0.5, 0.6) is 0 Å². The van der Waals surface area contributed by atoms with Crippen molar-refractivity contribution in [2.45, 2.75) is 25.3 Å². The minimum absolute atomic E-state index is 0.00439. The van der Waals surface area contributed by atoms with E-state index in [0.717, 1.165) is 17.7 Å². The molecule has 0 aliphatic rings. The van der Waals surface area contributed by atoms with Gasteiger partial charge in [0, 0.05) is 25.3 Å². The molecular weight excluding hydrogens is 380 g/mol. The van der Waals surface area contributed by atoms with Crippen LogP contribution in [0, 0.1) is 11.6 Å². The summed E-state index contributed by atoms with van der Waals surface area (Å²) in [4.78, 5) is 27.9. The lowest BCUT2D eigenvalue weighted by atomic mass is 10.1. The fraction of sp³-hybridized carbons (Fsp3) is 0.190. The zero-order valence-electron chi connectivity index (χ0n) is 15.4. The Morgan fingerprint density at radius 2 is 1.90 bits per heavy atom. The predicted octanol–water partition coefficient (Wildman–Crippen LogP) is 2.77. The molecule has 0 saturated heterocycles. The number of hydrogen-bond acceptors (Lipinski definition) is 4. The molecular formula is C21H19F2N3O3. The minimum Gasteiger partial charge on any atom is -0.441 e. The van der Waals surface area contributed by atoms with Crippen molar-refractivity contribution in [3.8, 4) is 11.3 Å². The van der Waals surface area contributed by atoms with E-state index in [-0.39, 0.29) is 36.5 Å². The van der Waals surface area contributed by atoms with Crippen molar-refractivity contribution >= 4 is 11.8 Å². The molecule has 3 aromatic rings. The van der Waals surface area contributed by atoms with E-state index in [4.69, 9.17) is 10.2 Å². The highest BCUT2D eigenvalue weighted by Crippen LogP contribution is 2.24. The second kappa shape index (κ2) is 9.09. The van der Waals surface area contributed by atoms with Crippen LogP contribution in [-0.2, 0) is 22.4 Å². The second-order valence-electron chi connectivity index (χ2n) is 6.45. The van der Waals surface area contributed by atoms with E-state index in [1.165, 1.54) is 12.3 Å². The Labute approximate surface area is 165 Å². The standard InChI is InChI=1S/C21H19F2N3O3/c22-14-6-7-15(16(23)11-14)18-12-25-20(29-18)9-8-19(27)26-17(21(24)28)10-13-4-2-1-3-5-13/h1-7,11-12,17H,8-10H2,(H2,24,28)(H,26,27). The molecule has 0 aliphatic carbocycles. The molecule has 3 rings (SSSR count). The zero-order chi connectivity index (χ0) is 20.8. The minimum atomic E-state index is -0.835. The summed E-state index contributed by atoms with van der Waals surface area (Å²) in [6.45, 7) is 0. The number of oxazole rings is 1. The van der Waals surface area contributed by atoms with Crippen molar-refractivity contribution in [1.82, 2.24) is 10.3 Å². The Hall–Kier alpha value is -3.55. The van der Waals surface area contributed by atoms with Gasteiger partial charge in [0.15, 0.2) is 11.7 Å². The van der Waals surface area contributed by atoms with Gasteiger partial charge in [0.1, 0.15) is 17.7 Å². The number of nitrogens with zero attached hydrogens (tertiary/aromatic N) is 1. The Kier molecular flexibility index (Phi) is 6.33. The summed E-state index contributed by atoms with van der Waals surface area (Å²) in [5.41, 5.74) is 6.33. The third kappa shape index (κ3) is 5.47. The maximum Gasteiger partial charge on any atom is 0.240 e. The maximum atomic E-state index is 13.8. The molecule has 2 aromatic carbocycles. The Morgan fingerprint density at radius 3 is 2.59 bits per heavy atom. The smallest absolute Gasteiger partial charge is 0.240 e. The van der Waals surface area contributed by atoms with Gasteiger partial charge in [-0.3, -0.25) is 9.59 Å². The van der Waals surface area contributed by atoms with Crippen molar-refractivity contribution in [3.05, 3.63) is 77.8 Å². The number of aryl methyl sites for hydroxylation is 1. The van der Waals surface area contributed by atoms with Gasteiger partial charge in [-0.2, -0.15) is 0 Å². The molecule has 2 amide bonds. The van der Waals surface area contributed by atoms with E-state index < -0.39 is 29.5 Å². The summed E-state index contributed by atoms with van der Waals surface area (Å²) in [5.74, 6) is -2.13. The number of carbonyl (C=O) groups is 2. The van der Waals surface area contributed by atoms with Crippen LogP contribution in [0.2, 0.25) is 0 Å². The van der Waals surface area contributed by atoms with E-state index in [1.54, 1.807) is 0 Å². The van der Waals surface area contributed by atoms with Gasteiger partial charge < -0.3 is 15.5 Å². The fourth-order valence-corrected chi connectivity index (χ4v) is 2.80. The molecule has 1 atom stereocenters. The number of benzene rings is 2. The van der Waals surface area contributed by atoms with Crippen LogP contribution in [0.25, 0.3) is 11.3 Å². The van der Waals surface area contributed by atoms with Gasteiger partial charge in [0.2, 0.25) is 11.8 Å². The molecule has 0 bridgehead atoms. The third-order valence-corrected chi connectivity index (χ3v) is 4.28. The van der Waals surface area contributed by atoms with Gasteiger partial charge in [0.25, 0.3) is 0 Å². The zero-order valence-corrected chi connectivity index (χ0v) is 15.4. The summed E-state index contributed by atoms with van der Waals surface area (Å²) < 4.78 is 32.3. The SMILES string of the molecule is NC(=O)C(Cc1ccccc1)NC(=O)CCc1ncc(-c2ccc(F)cc2F)o1. The van der Waals surface area contributed by atoms with Crippen LogP contribution in [0.3, 0.4) is 0 Å². The summed E-state index contributed by atoms with van der Waals surface area (Å²) in [6.07, 6.45) is 1.75. The molecule has 1 unspecified atom stereocenters. The van der Waals surface area contributed by atoms with E-state index in [2.05, 4.69) is 10.3 Å². The lowest BCUT2D eigenvalue weighted by Gasteiger charge is -2.15. The number of primary amides is 1. The summed E-state index contributed by atoms with van der Waals surface area (Å²) >= 11 is 0. The van der Waals surface area contributed by atoms with E-state index >= 15 is 0 Å².